The Balaban J connectivity index is 2.06. The van der Waals surface area contributed by atoms with E-state index in [1.807, 2.05) is 25.1 Å². The van der Waals surface area contributed by atoms with Gasteiger partial charge in [-0.05, 0) is 37.3 Å². The van der Waals surface area contributed by atoms with E-state index in [-0.39, 0.29) is 5.78 Å². The lowest BCUT2D eigenvalue weighted by molar-refractivity contribution is 0.0601. The molecule has 1 saturated heterocycles. The zero-order chi connectivity index (χ0) is 12.3. The van der Waals surface area contributed by atoms with Crippen LogP contribution in [0, 0.1) is 12.8 Å². The Morgan fingerprint density at radius 1 is 1.41 bits per heavy atom. The summed E-state index contributed by atoms with van der Waals surface area (Å²) < 4.78 is 5.29. The van der Waals surface area contributed by atoms with Gasteiger partial charge in [-0.1, -0.05) is 23.7 Å². The van der Waals surface area contributed by atoms with Crippen LogP contribution < -0.4 is 0 Å². The Morgan fingerprint density at radius 3 is 2.82 bits per heavy atom. The minimum absolute atomic E-state index is 0.158. The molecule has 17 heavy (non-hydrogen) atoms. The fourth-order valence-electron chi connectivity index (χ4n) is 2.19. The summed E-state index contributed by atoms with van der Waals surface area (Å²) in [6, 6.07) is 5.63. The number of rotatable bonds is 3. The number of hydrogen-bond acceptors (Lipinski definition) is 2. The first-order valence-electron chi connectivity index (χ1n) is 6.04. The predicted molar refractivity (Wildman–Crippen MR) is 68.7 cm³/mol. The number of benzene rings is 1. The monoisotopic (exact) mass is 252 g/mol. The molecule has 0 amide bonds. The van der Waals surface area contributed by atoms with Crippen LogP contribution in [0.5, 0.6) is 0 Å². The predicted octanol–water partition coefficient (Wildman–Crippen LogP) is 3.65. The smallest absolute Gasteiger partial charge is 0.164 e. The lowest BCUT2D eigenvalue weighted by Gasteiger charge is -2.21. The van der Waals surface area contributed by atoms with Crippen LogP contribution in [0.1, 0.15) is 35.2 Å². The van der Waals surface area contributed by atoms with E-state index in [4.69, 9.17) is 16.3 Å². The van der Waals surface area contributed by atoms with Crippen LogP contribution in [0.15, 0.2) is 18.2 Å². The summed E-state index contributed by atoms with van der Waals surface area (Å²) in [6.45, 7) is 3.48. The first-order valence-corrected chi connectivity index (χ1v) is 6.42. The summed E-state index contributed by atoms with van der Waals surface area (Å²) in [7, 11) is 0. The van der Waals surface area contributed by atoms with Crippen LogP contribution in [0.3, 0.4) is 0 Å². The van der Waals surface area contributed by atoms with E-state index < -0.39 is 0 Å². The van der Waals surface area contributed by atoms with Gasteiger partial charge in [0.2, 0.25) is 0 Å². The maximum atomic E-state index is 12.2. The van der Waals surface area contributed by atoms with Crippen molar-refractivity contribution < 1.29 is 9.53 Å². The SMILES string of the molecule is Cc1cccc(C(=O)CC2CCOCC2)c1Cl. The third kappa shape index (κ3) is 3.08. The second-order valence-corrected chi connectivity index (χ2v) is 5.00. The van der Waals surface area contributed by atoms with Crippen LogP contribution in [0.2, 0.25) is 5.02 Å². The van der Waals surface area contributed by atoms with Crippen molar-refractivity contribution in [1.82, 2.24) is 0 Å². The number of Topliss-reactive ketones (excluding diaryl/α,β-unsaturated/α-hetero) is 1. The molecule has 92 valence electrons. The van der Waals surface area contributed by atoms with Crippen LogP contribution >= 0.6 is 11.6 Å². The summed E-state index contributed by atoms with van der Waals surface area (Å²) in [6.07, 6.45) is 2.55. The second-order valence-electron chi connectivity index (χ2n) is 4.62. The van der Waals surface area contributed by atoms with Gasteiger partial charge in [0.25, 0.3) is 0 Å². The number of aryl methyl sites for hydroxylation is 1. The van der Waals surface area contributed by atoms with Gasteiger partial charge in [-0.15, -0.1) is 0 Å². The lowest BCUT2D eigenvalue weighted by Crippen LogP contribution is -2.19. The van der Waals surface area contributed by atoms with Gasteiger partial charge in [-0.2, -0.15) is 0 Å². The van der Waals surface area contributed by atoms with E-state index in [0.717, 1.165) is 31.6 Å². The molecule has 1 fully saturated rings. The molecule has 0 atom stereocenters. The molecule has 0 spiro atoms. The standard InChI is InChI=1S/C14H17ClO2/c1-10-3-2-4-12(14(10)15)13(16)9-11-5-7-17-8-6-11/h2-4,11H,5-9H2,1H3. The van der Waals surface area contributed by atoms with Gasteiger partial charge in [0.15, 0.2) is 5.78 Å². The summed E-state index contributed by atoms with van der Waals surface area (Å²) >= 11 is 6.16. The average Bonchev–Trinajstić information content (AvgIpc) is 2.34. The molecule has 2 rings (SSSR count). The molecule has 1 heterocycles. The van der Waals surface area contributed by atoms with E-state index in [1.54, 1.807) is 0 Å². The van der Waals surface area contributed by atoms with E-state index in [9.17, 15) is 4.79 Å². The maximum Gasteiger partial charge on any atom is 0.164 e. The molecular weight excluding hydrogens is 236 g/mol. The van der Waals surface area contributed by atoms with Crippen LogP contribution in [0.25, 0.3) is 0 Å². The van der Waals surface area contributed by atoms with Crippen molar-refractivity contribution >= 4 is 17.4 Å². The van der Waals surface area contributed by atoms with E-state index in [1.165, 1.54) is 0 Å². The van der Waals surface area contributed by atoms with Crippen molar-refractivity contribution in [3.05, 3.63) is 34.3 Å². The highest BCUT2D eigenvalue weighted by molar-refractivity contribution is 6.34. The fraction of sp³-hybridized carbons (Fsp3) is 0.500. The molecule has 1 aromatic rings. The first-order chi connectivity index (χ1) is 8.18. The van der Waals surface area contributed by atoms with E-state index in [0.29, 0.717) is 22.9 Å². The van der Waals surface area contributed by atoms with Gasteiger partial charge >= 0.3 is 0 Å². The first kappa shape index (κ1) is 12.6. The van der Waals surface area contributed by atoms with Crippen molar-refractivity contribution in [1.29, 1.82) is 0 Å². The molecule has 1 aliphatic heterocycles. The molecule has 2 nitrogen and oxygen atoms in total. The van der Waals surface area contributed by atoms with Crippen molar-refractivity contribution in [2.75, 3.05) is 13.2 Å². The Labute approximate surface area is 107 Å². The summed E-state index contributed by atoms with van der Waals surface area (Å²) in [5.74, 6) is 0.610. The van der Waals surface area contributed by atoms with Crippen molar-refractivity contribution in [3.8, 4) is 0 Å². The van der Waals surface area contributed by atoms with Crippen molar-refractivity contribution in [2.45, 2.75) is 26.2 Å². The normalized spacial score (nSPS) is 17.1. The molecule has 0 radical (unpaired) electrons. The molecule has 0 aromatic heterocycles. The molecule has 1 aliphatic rings. The molecule has 0 bridgehead atoms. The zero-order valence-electron chi connectivity index (χ0n) is 10.0. The number of hydrogen-bond donors (Lipinski definition) is 0. The van der Waals surface area contributed by atoms with Gasteiger partial charge in [-0.25, -0.2) is 0 Å². The Bertz CT molecular complexity index is 409. The molecule has 0 N–H and O–H groups in total. The Kier molecular flexibility index (Phi) is 4.19. The topological polar surface area (TPSA) is 26.3 Å². The Morgan fingerprint density at radius 2 is 2.12 bits per heavy atom. The van der Waals surface area contributed by atoms with Crippen LogP contribution in [-0.2, 0) is 4.74 Å². The molecule has 0 unspecified atom stereocenters. The lowest BCUT2D eigenvalue weighted by atomic mass is 9.91. The van der Waals surface area contributed by atoms with Gasteiger partial charge in [0.05, 0.1) is 5.02 Å². The third-order valence-corrected chi connectivity index (χ3v) is 3.81. The summed E-state index contributed by atoms with van der Waals surface area (Å²) in [5.41, 5.74) is 1.63. The highest BCUT2D eigenvalue weighted by atomic mass is 35.5. The minimum atomic E-state index is 0.158. The van der Waals surface area contributed by atoms with E-state index in [2.05, 4.69) is 0 Å². The highest BCUT2D eigenvalue weighted by Gasteiger charge is 2.20. The molecule has 1 aromatic carbocycles. The number of ether oxygens (including phenoxy) is 1. The van der Waals surface area contributed by atoms with Crippen LogP contribution in [-0.4, -0.2) is 19.0 Å². The summed E-state index contributed by atoms with van der Waals surface area (Å²) in [4.78, 5) is 12.2. The maximum absolute atomic E-state index is 12.2. The molecule has 0 aliphatic carbocycles. The molecule has 0 saturated carbocycles. The summed E-state index contributed by atoms with van der Waals surface area (Å²) in [5, 5.41) is 0.601. The molecular formula is C14H17ClO2. The van der Waals surface area contributed by atoms with Gasteiger partial charge in [0, 0.05) is 25.2 Å². The number of ketones is 1. The van der Waals surface area contributed by atoms with Gasteiger partial charge < -0.3 is 4.74 Å². The van der Waals surface area contributed by atoms with E-state index >= 15 is 0 Å². The largest absolute Gasteiger partial charge is 0.381 e. The Hall–Kier alpha value is -0.860. The average molecular weight is 253 g/mol. The van der Waals surface area contributed by atoms with Gasteiger partial charge in [-0.3, -0.25) is 4.79 Å². The van der Waals surface area contributed by atoms with Crippen LogP contribution in [0.4, 0.5) is 0 Å². The quantitative estimate of drug-likeness (QED) is 0.768. The number of halogens is 1. The zero-order valence-corrected chi connectivity index (χ0v) is 10.8. The van der Waals surface area contributed by atoms with Crippen molar-refractivity contribution in [2.24, 2.45) is 5.92 Å². The highest BCUT2D eigenvalue weighted by Crippen LogP contribution is 2.25. The fourth-order valence-corrected chi connectivity index (χ4v) is 2.42. The third-order valence-electron chi connectivity index (χ3n) is 3.31. The van der Waals surface area contributed by atoms with Crippen molar-refractivity contribution in [3.63, 3.8) is 0 Å². The molecule has 3 heteroatoms. The van der Waals surface area contributed by atoms with Gasteiger partial charge in [0.1, 0.15) is 0 Å². The second kappa shape index (κ2) is 5.65. The number of carbonyl (C=O) groups is 1. The minimum Gasteiger partial charge on any atom is -0.381 e. The number of carbonyl (C=O) groups excluding carboxylic acids is 1.